The molecule has 1 aliphatic heterocycles. The topological polar surface area (TPSA) is 108 Å². The van der Waals surface area contributed by atoms with Crippen molar-refractivity contribution in [2.75, 3.05) is 32.1 Å². The lowest BCUT2D eigenvalue weighted by Crippen LogP contribution is -2.49. The highest BCUT2D eigenvalue weighted by Gasteiger charge is 2.35. The van der Waals surface area contributed by atoms with Crippen LogP contribution in [0, 0.1) is 5.92 Å². The van der Waals surface area contributed by atoms with Crippen molar-refractivity contribution < 1.29 is 32.6 Å². The van der Waals surface area contributed by atoms with E-state index in [1.54, 1.807) is 30.0 Å². The predicted molar refractivity (Wildman–Crippen MR) is 145 cm³/mol. The van der Waals surface area contributed by atoms with Gasteiger partial charge in [0.25, 0.3) is 11.8 Å². The number of para-hydroxylation sites is 1. The summed E-state index contributed by atoms with van der Waals surface area (Å²) in [5.41, 5.74) is 0.564. The van der Waals surface area contributed by atoms with Crippen molar-refractivity contribution in [3.05, 3.63) is 83.4 Å². The minimum Gasteiger partial charge on any atom is -0.486 e. The Hall–Kier alpha value is -4.03. The van der Waals surface area contributed by atoms with Gasteiger partial charge >= 0.3 is 6.18 Å². The number of nitrogens with zero attached hydrogens (tertiary/aromatic N) is 4. The lowest BCUT2D eigenvalue weighted by atomic mass is 9.98. The molecule has 2 heterocycles. The Kier molecular flexibility index (Phi) is 9.24. The number of rotatable bonds is 8. The van der Waals surface area contributed by atoms with Crippen LogP contribution in [0.3, 0.4) is 0 Å². The van der Waals surface area contributed by atoms with Crippen LogP contribution in [-0.4, -0.2) is 75.6 Å². The van der Waals surface area contributed by atoms with Crippen molar-refractivity contribution in [3.8, 4) is 5.75 Å². The Labute approximate surface area is 236 Å². The Balaban J connectivity index is 1.63. The van der Waals surface area contributed by atoms with Gasteiger partial charge in [-0.2, -0.15) is 13.2 Å². The van der Waals surface area contributed by atoms with Gasteiger partial charge in [-0.3, -0.25) is 19.5 Å². The van der Waals surface area contributed by atoms with Gasteiger partial charge in [-0.25, -0.2) is 4.98 Å². The molecule has 41 heavy (non-hydrogen) atoms. The van der Waals surface area contributed by atoms with Crippen LogP contribution in [0.25, 0.3) is 0 Å². The minimum atomic E-state index is -4.41. The third-order valence-electron chi connectivity index (χ3n) is 6.96. The zero-order valence-electron chi connectivity index (χ0n) is 22.9. The van der Waals surface area contributed by atoms with Crippen molar-refractivity contribution in [1.82, 2.24) is 19.8 Å². The molecule has 0 aliphatic carbocycles. The summed E-state index contributed by atoms with van der Waals surface area (Å²) >= 11 is 0. The highest BCUT2D eigenvalue weighted by atomic mass is 19.4. The zero-order valence-corrected chi connectivity index (χ0v) is 22.9. The quantitative estimate of drug-likeness (QED) is 0.419. The van der Waals surface area contributed by atoms with E-state index < -0.39 is 29.8 Å². The first-order valence-corrected chi connectivity index (χ1v) is 13.1. The maximum Gasteiger partial charge on any atom is 0.416 e. The van der Waals surface area contributed by atoms with Crippen molar-refractivity contribution >= 4 is 17.5 Å². The van der Waals surface area contributed by atoms with E-state index in [9.17, 15) is 27.9 Å². The minimum absolute atomic E-state index is 0.0824. The number of benzene rings is 2. The number of anilines is 1. The molecule has 218 valence electrons. The van der Waals surface area contributed by atoms with Crippen LogP contribution in [0.15, 0.2) is 61.1 Å². The second-order valence-corrected chi connectivity index (χ2v) is 10.2. The summed E-state index contributed by atoms with van der Waals surface area (Å²) in [5, 5.41) is 12.6. The molecule has 2 aromatic carbocycles. The van der Waals surface area contributed by atoms with Crippen LogP contribution in [0.5, 0.6) is 5.75 Å². The molecule has 2 N–H and O–H groups in total. The maximum atomic E-state index is 13.6. The van der Waals surface area contributed by atoms with Gasteiger partial charge in [-0.1, -0.05) is 25.1 Å². The van der Waals surface area contributed by atoms with E-state index in [1.165, 1.54) is 30.7 Å². The highest BCUT2D eigenvalue weighted by Crippen LogP contribution is 2.35. The van der Waals surface area contributed by atoms with Gasteiger partial charge in [-0.15, -0.1) is 0 Å². The number of fused-ring (bicyclic) bond motifs is 1. The molecular weight excluding hydrogens is 539 g/mol. The first-order chi connectivity index (χ1) is 19.5. The summed E-state index contributed by atoms with van der Waals surface area (Å²) in [4.78, 5) is 38.0. The van der Waals surface area contributed by atoms with Crippen LogP contribution in [-0.2, 0) is 12.7 Å². The van der Waals surface area contributed by atoms with Crippen LogP contribution >= 0.6 is 0 Å². The molecule has 0 fully saturated rings. The smallest absolute Gasteiger partial charge is 0.416 e. The van der Waals surface area contributed by atoms with Crippen LogP contribution in [0.2, 0.25) is 0 Å². The van der Waals surface area contributed by atoms with Gasteiger partial charge < -0.3 is 20.1 Å². The molecule has 2 amide bonds. The number of aliphatic hydroxyl groups is 1. The number of hydrogen-bond donors (Lipinski definition) is 2. The summed E-state index contributed by atoms with van der Waals surface area (Å²) in [6.45, 7) is 4.46. The maximum absolute atomic E-state index is 13.6. The Bertz CT molecular complexity index is 1350. The molecular formula is C29H32F3N5O4. The molecule has 0 saturated heterocycles. The van der Waals surface area contributed by atoms with E-state index in [4.69, 9.17) is 4.74 Å². The molecule has 0 bridgehead atoms. The number of nitrogens with one attached hydrogen (secondary N) is 1. The van der Waals surface area contributed by atoms with E-state index >= 15 is 0 Å². The van der Waals surface area contributed by atoms with Crippen molar-refractivity contribution in [3.63, 3.8) is 0 Å². The number of halogens is 3. The number of ether oxygens (including phenoxy) is 1. The second-order valence-electron chi connectivity index (χ2n) is 10.2. The third-order valence-corrected chi connectivity index (χ3v) is 6.96. The molecule has 9 nitrogen and oxygen atoms in total. The predicted octanol–water partition coefficient (Wildman–Crippen LogP) is 4.10. The van der Waals surface area contributed by atoms with Gasteiger partial charge in [-0.05, 0) is 43.8 Å². The monoisotopic (exact) mass is 571 g/mol. The summed E-state index contributed by atoms with van der Waals surface area (Å²) in [6, 6.07) is 9.38. The van der Waals surface area contributed by atoms with Crippen LogP contribution < -0.4 is 10.1 Å². The summed E-state index contributed by atoms with van der Waals surface area (Å²) in [7, 11) is 1.83. The lowest BCUT2D eigenvalue weighted by Gasteiger charge is -2.38. The Morgan fingerprint density at radius 1 is 1.22 bits per heavy atom. The average Bonchev–Trinajstić information content (AvgIpc) is 2.95. The Morgan fingerprint density at radius 3 is 2.59 bits per heavy atom. The molecule has 4 rings (SSSR count). The first kappa shape index (κ1) is 29.9. The molecule has 0 saturated carbocycles. The van der Waals surface area contributed by atoms with E-state index in [0.717, 1.165) is 12.1 Å². The first-order valence-electron chi connectivity index (χ1n) is 13.1. The normalized spacial score (nSPS) is 18.2. The second kappa shape index (κ2) is 12.6. The SMILES string of the molecule is C[C@H](CO)N1C[C@H](C)[C@@H](CN(C)Cc2ccc(C(F)(F)F)cc2)Oc2c(NC(=O)c3cnccn3)cccc2C1=O. The Morgan fingerprint density at radius 2 is 1.95 bits per heavy atom. The van der Waals surface area contributed by atoms with Gasteiger partial charge in [0, 0.05) is 37.9 Å². The summed E-state index contributed by atoms with van der Waals surface area (Å²) in [5.74, 6) is -0.904. The highest BCUT2D eigenvalue weighted by molar-refractivity contribution is 6.06. The number of amides is 2. The van der Waals surface area contributed by atoms with E-state index in [1.807, 2.05) is 18.9 Å². The molecule has 0 radical (unpaired) electrons. The van der Waals surface area contributed by atoms with Crippen LogP contribution in [0.4, 0.5) is 18.9 Å². The number of aliphatic hydroxyl groups excluding tert-OH is 1. The van der Waals surface area contributed by atoms with Crippen LogP contribution in [0.1, 0.15) is 45.8 Å². The number of hydrogen-bond acceptors (Lipinski definition) is 7. The zero-order chi connectivity index (χ0) is 29.7. The molecule has 12 heteroatoms. The summed E-state index contributed by atoms with van der Waals surface area (Å²) < 4.78 is 45.4. The van der Waals surface area contributed by atoms with Crippen molar-refractivity contribution in [2.24, 2.45) is 5.92 Å². The number of alkyl halides is 3. The largest absolute Gasteiger partial charge is 0.486 e. The fraction of sp³-hybridized carbons (Fsp3) is 0.379. The fourth-order valence-electron chi connectivity index (χ4n) is 4.64. The fourth-order valence-corrected chi connectivity index (χ4v) is 4.64. The number of aromatic nitrogens is 2. The third kappa shape index (κ3) is 7.19. The standard InChI is InChI=1S/C29H32F3N5O4/c1-18-14-37(19(2)17-38)28(40)22-5-4-6-23(35-27(39)24-13-33-11-12-34-24)26(22)41-25(18)16-36(3)15-20-7-9-21(10-8-20)29(30,31)32/h4-13,18-19,25,38H,14-17H2,1-3H3,(H,35,39)/t18-,19+,25+/m0/s1. The van der Waals surface area contributed by atoms with E-state index in [0.29, 0.717) is 25.2 Å². The molecule has 1 aromatic heterocycles. The number of carbonyl (C=O) groups excluding carboxylic acids is 2. The number of likely N-dealkylation sites (N-methyl/N-ethyl adjacent to an activating group) is 1. The molecule has 0 spiro atoms. The van der Waals surface area contributed by atoms with Gasteiger partial charge in [0.1, 0.15) is 11.8 Å². The average molecular weight is 572 g/mol. The van der Waals surface area contributed by atoms with E-state index in [-0.39, 0.29) is 41.1 Å². The van der Waals surface area contributed by atoms with Crippen molar-refractivity contribution in [1.29, 1.82) is 0 Å². The van der Waals surface area contributed by atoms with E-state index in [2.05, 4.69) is 15.3 Å². The lowest BCUT2D eigenvalue weighted by molar-refractivity contribution is -0.137. The van der Waals surface area contributed by atoms with Gasteiger partial charge in [0.15, 0.2) is 5.75 Å². The molecule has 1 aliphatic rings. The van der Waals surface area contributed by atoms with Gasteiger partial charge in [0.05, 0.1) is 35.7 Å². The molecule has 0 unspecified atom stereocenters. The molecule has 3 aromatic rings. The van der Waals surface area contributed by atoms with Crippen molar-refractivity contribution in [2.45, 2.75) is 38.7 Å². The number of carbonyl (C=O) groups is 2. The summed E-state index contributed by atoms with van der Waals surface area (Å²) in [6.07, 6.45) is -0.734. The van der Waals surface area contributed by atoms with Gasteiger partial charge in [0.2, 0.25) is 0 Å². The molecule has 3 atom stereocenters.